The van der Waals surface area contributed by atoms with E-state index in [0.29, 0.717) is 17.0 Å². The number of para-hydroxylation sites is 2. The molecule has 0 aliphatic heterocycles. The number of amides is 2. The standard InChI is InChI=1S/C23H19ClN4O6/c1-33-21-8-3-2-7-19(21)26-22(29)14-34-20-10-9-15(11-18(20)24)13-25-27-23(30)16-5-4-6-17(12-16)28(31)32/h2-13H,14H2,1H3,(H,26,29)(H,27,30). The van der Waals surface area contributed by atoms with Crippen molar-refractivity contribution in [1.82, 2.24) is 5.43 Å². The van der Waals surface area contributed by atoms with Crippen molar-refractivity contribution in [3.63, 3.8) is 0 Å². The highest BCUT2D eigenvalue weighted by molar-refractivity contribution is 6.32. The summed E-state index contributed by atoms with van der Waals surface area (Å²) in [4.78, 5) is 34.5. The zero-order chi connectivity index (χ0) is 24.5. The Morgan fingerprint density at radius 2 is 1.88 bits per heavy atom. The van der Waals surface area contributed by atoms with Gasteiger partial charge in [-0.3, -0.25) is 19.7 Å². The molecule has 2 amide bonds. The predicted octanol–water partition coefficient (Wildman–Crippen LogP) is 4.04. The Kier molecular flexibility index (Phi) is 8.14. The number of nitrogens with one attached hydrogen (secondary N) is 2. The Morgan fingerprint density at radius 3 is 2.62 bits per heavy atom. The molecule has 0 spiro atoms. The highest BCUT2D eigenvalue weighted by Gasteiger charge is 2.11. The van der Waals surface area contributed by atoms with E-state index < -0.39 is 16.7 Å². The first kappa shape index (κ1) is 24.2. The van der Waals surface area contributed by atoms with Crippen molar-refractivity contribution >= 4 is 41.0 Å². The van der Waals surface area contributed by atoms with Crippen LogP contribution in [0.1, 0.15) is 15.9 Å². The van der Waals surface area contributed by atoms with Crippen molar-refractivity contribution in [3.05, 3.63) is 93.0 Å². The molecular weight excluding hydrogens is 464 g/mol. The van der Waals surface area contributed by atoms with Gasteiger partial charge in [-0.05, 0) is 42.0 Å². The molecule has 0 aliphatic carbocycles. The summed E-state index contributed by atoms with van der Waals surface area (Å²) in [6, 6.07) is 17.0. The predicted molar refractivity (Wildman–Crippen MR) is 127 cm³/mol. The molecule has 3 rings (SSSR count). The molecule has 2 N–H and O–H groups in total. The Hall–Kier alpha value is -4.44. The molecule has 0 atom stereocenters. The smallest absolute Gasteiger partial charge is 0.271 e. The summed E-state index contributed by atoms with van der Waals surface area (Å²) in [5, 5.41) is 17.6. The number of carbonyl (C=O) groups excluding carboxylic acids is 2. The molecule has 0 unspecified atom stereocenters. The molecule has 0 aromatic heterocycles. The molecule has 3 aromatic carbocycles. The van der Waals surface area contributed by atoms with Crippen molar-refractivity contribution in [1.29, 1.82) is 0 Å². The third-order valence-corrected chi connectivity index (χ3v) is 4.69. The largest absolute Gasteiger partial charge is 0.495 e. The molecule has 10 nitrogen and oxygen atoms in total. The number of benzene rings is 3. The molecule has 0 fully saturated rings. The van der Waals surface area contributed by atoms with E-state index in [-0.39, 0.29) is 28.6 Å². The molecule has 174 valence electrons. The topological polar surface area (TPSA) is 132 Å². The molecule has 0 bridgehead atoms. The average Bonchev–Trinajstić information content (AvgIpc) is 2.83. The number of ether oxygens (including phenoxy) is 2. The summed E-state index contributed by atoms with van der Waals surface area (Å²) in [7, 11) is 1.51. The lowest BCUT2D eigenvalue weighted by Gasteiger charge is -2.11. The molecule has 3 aromatic rings. The van der Waals surface area contributed by atoms with E-state index in [2.05, 4.69) is 15.8 Å². The van der Waals surface area contributed by atoms with Crippen LogP contribution in [0.15, 0.2) is 71.8 Å². The van der Waals surface area contributed by atoms with Crippen molar-refractivity contribution in [2.24, 2.45) is 5.10 Å². The van der Waals surface area contributed by atoms with Gasteiger partial charge in [-0.2, -0.15) is 5.10 Å². The quantitative estimate of drug-likeness (QED) is 0.269. The second-order valence-corrected chi connectivity index (χ2v) is 7.14. The van der Waals surface area contributed by atoms with E-state index in [1.807, 2.05) is 0 Å². The van der Waals surface area contributed by atoms with Crippen LogP contribution in [0.4, 0.5) is 11.4 Å². The number of nitro benzene ring substituents is 1. The van der Waals surface area contributed by atoms with Gasteiger partial charge in [0.25, 0.3) is 17.5 Å². The van der Waals surface area contributed by atoms with E-state index in [4.69, 9.17) is 21.1 Å². The Balaban J connectivity index is 1.54. The number of hydrazone groups is 1. The van der Waals surface area contributed by atoms with Gasteiger partial charge in [-0.15, -0.1) is 0 Å². The number of nitrogens with zero attached hydrogens (tertiary/aromatic N) is 2. The lowest BCUT2D eigenvalue weighted by Crippen LogP contribution is -2.20. The highest BCUT2D eigenvalue weighted by atomic mass is 35.5. The van der Waals surface area contributed by atoms with Crippen molar-refractivity contribution in [3.8, 4) is 11.5 Å². The van der Waals surface area contributed by atoms with Crippen LogP contribution in [-0.4, -0.2) is 36.7 Å². The zero-order valence-corrected chi connectivity index (χ0v) is 18.6. The molecule has 0 aliphatic rings. The minimum absolute atomic E-state index is 0.0968. The van der Waals surface area contributed by atoms with Gasteiger partial charge in [0.2, 0.25) is 0 Å². The van der Waals surface area contributed by atoms with Gasteiger partial charge in [0.05, 0.1) is 29.0 Å². The monoisotopic (exact) mass is 482 g/mol. The first-order valence-electron chi connectivity index (χ1n) is 9.80. The minimum Gasteiger partial charge on any atom is -0.495 e. The fraction of sp³-hybridized carbons (Fsp3) is 0.0870. The van der Waals surface area contributed by atoms with Crippen LogP contribution in [0, 0.1) is 10.1 Å². The van der Waals surface area contributed by atoms with Gasteiger partial charge < -0.3 is 14.8 Å². The molecule has 0 saturated carbocycles. The van der Waals surface area contributed by atoms with Crippen LogP contribution in [0.25, 0.3) is 0 Å². The Morgan fingerprint density at radius 1 is 1.09 bits per heavy atom. The number of hydrogen-bond donors (Lipinski definition) is 2. The first-order valence-corrected chi connectivity index (χ1v) is 10.2. The molecule has 0 radical (unpaired) electrons. The van der Waals surface area contributed by atoms with E-state index in [1.165, 1.54) is 37.6 Å². The van der Waals surface area contributed by atoms with Crippen LogP contribution in [0.2, 0.25) is 5.02 Å². The van der Waals surface area contributed by atoms with Gasteiger partial charge in [0, 0.05) is 17.7 Å². The third kappa shape index (κ3) is 6.53. The lowest BCUT2D eigenvalue weighted by atomic mass is 10.2. The fourth-order valence-corrected chi connectivity index (χ4v) is 3.03. The first-order chi connectivity index (χ1) is 16.4. The average molecular weight is 483 g/mol. The highest BCUT2D eigenvalue weighted by Crippen LogP contribution is 2.26. The number of halogens is 1. The van der Waals surface area contributed by atoms with Gasteiger partial charge >= 0.3 is 0 Å². The van der Waals surface area contributed by atoms with Gasteiger partial charge in [-0.1, -0.05) is 29.8 Å². The van der Waals surface area contributed by atoms with Crippen molar-refractivity contribution in [2.45, 2.75) is 0 Å². The third-order valence-electron chi connectivity index (χ3n) is 4.39. The number of hydrogen-bond acceptors (Lipinski definition) is 7. The Labute approximate surface area is 199 Å². The van der Waals surface area contributed by atoms with Gasteiger partial charge in [0.15, 0.2) is 6.61 Å². The number of rotatable bonds is 9. The normalized spacial score (nSPS) is 10.5. The minimum atomic E-state index is -0.605. The number of anilines is 1. The maximum absolute atomic E-state index is 12.2. The van der Waals surface area contributed by atoms with E-state index in [1.54, 1.807) is 36.4 Å². The van der Waals surface area contributed by atoms with E-state index in [9.17, 15) is 19.7 Å². The van der Waals surface area contributed by atoms with Crippen LogP contribution in [-0.2, 0) is 4.79 Å². The van der Waals surface area contributed by atoms with Crippen molar-refractivity contribution < 1.29 is 24.0 Å². The van der Waals surface area contributed by atoms with Crippen LogP contribution < -0.4 is 20.2 Å². The molecule has 11 heteroatoms. The number of non-ortho nitro benzene ring substituents is 1. The van der Waals surface area contributed by atoms with Crippen LogP contribution in [0.5, 0.6) is 11.5 Å². The zero-order valence-electron chi connectivity index (χ0n) is 17.9. The maximum atomic E-state index is 12.2. The van der Waals surface area contributed by atoms with Crippen molar-refractivity contribution in [2.75, 3.05) is 19.0 Å². The van der Waals surface area contributed by atoms with E-state index in [0.717, 1.165) is 6.07 Å². The summed E-state index contributed by atoms with van der Waals surface area (Å²) >= 11 is 6.22. The second-order valence-electron chi connectivity index (χ2n) is 6.73. The summed E-state index contributed by atoms with van der Waals surface area (Å²) in [6.45, 7) is -0.273. The summed E-state index contributed by atoms with van der Waals surface area (Å²) < 4.78 is 10.7. The number of nitro groups is 1. The number of carbonyl (C=O) groups is 2. The SMILES string of the molecule is COc1ccccc1NC(=O)COc1ccc(C=NNC(=O)c2cccc([N+](=O)[O-])c2)cc1Cl. The fourth-order valence-electron chi connectivity index (χ4n) is 2.78. The Bertz CT molecular complexity index is 1250. The molecule has 0 heterocycles. The summed E-state index contributed by atoms with van der Waals surface area (Å²) in [6.07, 6.45) is 1.35. The second kappa shape index (κ2) is 11.4. The molecular formula is C23H19ClN4O6. The van der Waals surface area contributed by atoms with Crippen LogP contribution >= 0.6 is 11.6 Å². The molecule has 0 saturated heterocycles. The summed E-state index contributed by atoms with van der Waals surface area (Å²) in [5.41, 5.74) is 3.26. The van der Waals surface area contributed by atoms with Gasteiger partial charge in [0.1, 0.15) is 11.5 Å². The van der Waals surface area contributed by atoms with E-state index >= 15 is 0 Å². The summed E-state index contributed by atoms with van der Waals surface area (Å²) in [5.74, 6) is -0.188. The lowest BCUT2D eigenvalue weighted by molar-refractivity contribution is -0.384. The number of methoxy groups -OCH3 is 1. The maximum Gasteiger partial charge on any atom is 0.271 e. The van der Waals surface area contributed by atoms with Gasteiger partial charge in [-0.25, -0.2) is 5.43 Å². The molecule has 34 heavy (non-hydrogen) atoms. The van der Waals surface area contributed by atoms with Crippen LogP contribution in [0.3, 0.4) is 0 Å².